The Labute approximate surface area is 204 Å². The van der Waals surface area contributed by atoms with Crippen LogP contribution in [0.15, 0.2) is 71.8 Å². The van der Waals surface area contributed by atoms with Gasteiger partial charge in [0.05, 0.1) is 20.6 Å². The molecule has 4 rings (SSSR count). The van der Waals surface area contributed by atoms with E-state index in [0.717, 1.165) is 14.5 Å². The van der Waals surface area contributed by atoms with Gasteiger partial charge in [-0.2, -0.15) is 0 Å². The molecule has 0 N–H and O–H groups in total. The average Bonchev–Trinajstić information content (AvgIpc) is 3.28. The Kier molecular flexibility index (Phi) is 6.46. The predicted octanol–water partition coefficient (Wildman–Crippen LogP) is 8.01. The Bertz CT molecular complexity index is 1220. The molecule has 0 bridgehead atoms. The van der Waals surface area contributed by atoms with Crippen molar-refractivity contribution < 1.29 is 9.21 Å². The van der Waals surface area contributed by atoms with Gasteiger partial charge in [-0.3, -0.25) is 9.69 Å². The first-order valence-electron chi connectivity index (χ1n) is 8.58. The van der Waals surface area contributed by atoms with Crippen molar-refractivity contribution in [2.75, 3.05) is 7.05 Å². The van der Waals surface area contributed by atoms with Gasteiger partial charge in [-0.1, -0.05) is 29.3 Å². The molecule has 1 amide bonds. The molecule has 30 heavy (non-hydrogen) atoms. The molecule has 2 heterocycles. The first kappa shape index (κ1) is 21.7. The number of thioether (sulfide) groups is 1. The van der Waals surface area contributed by atoms with Gasteiger partial charge in [0.2, 0.25) is 0 Å². The van der Waals surface area contributed by atoms with Crippen LogP contribution in [0.1, 0.15) is 5.76 Å². The van der Waals surface area contributed by atoms with Gasteiger partial charge >= 0.3 is 0 Å². The van der Waals surface area contributed by atoms with Crippen LogP contribution >= 0.6 is 66.8 Å². The van der Waals surface area contributed by atoms with E-state index in [4.69, 9.17) is 27.6 Å². The minimum Gasteiger partial charge on any atom is -0.457 e. The summed E-state index contributed by atoms with van der Waals surface area (Å²) < 4.78 is 7.50. The highest BCUT2D eigenvalue weighted by Gasteiger charge is 2.30. The van der Waals surface area contributed by atoms with E-state index < -0.39 is 0 Å². The number of likely N-dealkylation sites (N-methyl/N-ethyl adjacent to an activating group) is 1. The molecule has 152 valence electrons. The van der Waals surface area contributed by atoms with Crippen molar-refractivity contribution in [3.8, 4) is 11.3 Å². The first-order valence-corrected chi connectivity index (χ1v) is 11.7. The summed E-state index contributed by atoms with van der Waals surface area (Å²) in [6.07, 6.45) is 1.71. The summed E-state index contributed by atoms with van der Waals surface area (Å²) in [5.41, 5.74) is 1.52. The molecule has 3 aromatic rings. The Morgan fingerprint density at radius 2 is 1.73 bits per heavy atom. The highest BCUT2D eigenvalue weighted by Crippen LogP contribution is 2.36. The number of benzene rings is 2. The van der Waals surface area contributed by atoms with Crippen LogP contribution in [0.5, 0.6) is 0 Å². The number of aliphatic imine (C=N–C) groups is 1. The van der Waals surface area contributed by atoms with Crippen molar-refractivity contribution in [2.24, 2.45) is 4.99 Å². The lowest BCUT2D eigenvalue weighted by Crippen LogP contribution is -2.23. The van der Waals surface area contributed by atoms with Crippen LogP contribution in [0.3, 0.4) is 0 Å². The van der Waals surface area contributed by atoms with Crippen LogP contribution in [0.4, 0.5) is 5.69 Å². The molecule has 9 heteroatoms. The largest absolute Gasteiger partial charge is 0.457 e. The maximum Gasteiger partial charge on any atom is 0.266 e. The highest BCUT2D eigenvalue weighted by atomic mass is 79.9. The zero-order chi connectivity index (χ0) is 21.4. The summed E-state index contributed by atoms with van der Waals surface area (Å²) in [4.78, 5) is 19.2. The molecule has 0 radical (unpaired) electrons. The number of amides is 1. The summed E-state index contributed by atoms with van der Waals surface area (Å²) in [6, 6.07) is 14.6. The maximum absolute atomic E-state index is 12.6. The normalized spacial score (nSPS) is 16.8. The third-order valence-corrected chi connectivity index (χ3v) is 7.76. The third kappa shape index (κ3) is 4.55. The minimum atomic E-state index is -0.147. The molecule has 1 aliphatic heterocycles. The smallest absolute Gasteiger partial charge is 0.266 e. The third-order valence-electron chi connectivity index (χ3n) is 4.24. The molecule has 0 spiro atoms. The number of hydrogen-bond acceptors (Lipinski definition) is 4. The standard InChI is InChI=1S/C21H12Br2Cl2N2O2S/c1-27-20(28)19(30-21(27)26-12-3-6-15(23)17(25)9-12)10-13-4-7-18(29-13)11-2-5-14(22)16(24)8-11/h2-10H,1H3/b19-10-,26-21?. The van der Waals surface area contributed by atoms with Crippen LogP contribution in [-0.2, 0) is 4.79 Å². The molecule has 0 saturated carbocycles. The number of nitrogens with zero attached hydrogens (tertiary/aromatic N) is 2. The quantitative estimate of drug-likeness (QED) is 0.292. The van der Waals surface area contributed by atoms with Gasteiger partial charge < -0.3 is 4.42 Å². The summed E-state index contributed by atoms with van der Waals surface area (Å²) in [6.45, 7) is 0. The van der Waals surface area contributed by atoms with Gasteiger partial charge in [0.1, 0.15) is 11.5 Å². The molecule has 4 nitrogen and oxygen atoms in total. The highest BCUT2D eigenvalue weighted by molar-refractivity contribution is 9.10. The molecule has 2 aromatic carbocycles. The predicted molar refractivity (Wildman–Crippen MR) is 131 cm³/mol. The second kappa shape index (κ2) is 8.93. The summed E-state index contributed by atoms with van der Waals surface area (Å²) >= 11 is 20.3. The topological polar surface area (TPSA) is 45.8 Å². The molecule has 0 atom stereocenters. The molecule has 0 aliphatic carbocycles. The van der Waals surface area contributed by atoms with Crippen molar-refractivity contribution >= 4 is 89.7 Å². The van der Waals surface area contributed by atoms with Crippen LogP contribution in [0.25, 0.3) is 17.4 Å². The van der Waals surface area contributed by atoms with E-state index in [2.05, 4.69) is 36.9 Å². The van der Waals surface area contributed by atoms with Crippen molar-refractivity contribution in [2.45, 2.75) is 0 Å². The number of carbonyl (C=O) groups excluding carboxylic acids is 1. The Morgan fingerprint density at radius 1 is 1.03 bits per heavy atom. The maximum atomic E-state index is 12.6. The number of amidine groups is 1. The summed E-state index contributed by atoms with van der Waals surface area (Å²) in [7, 11) is 1.69. The van der Waals surface area contributed by atoms with Gasteiger partial charge in [-0.25, -0.2) is 4.99 Å². The molecular weight excluding hydrogens is 575 g/mol. The zero-order valence-corrected chi connectivity index (χ0v) is 20.8. The molecular formula is C21H12Br2Cl2N2O2S. The molecule has 1 aromatic heterocycles. The summed E-state index contributed by atoms with van der Waals surface area (Å²) in [5, 5.41) is 1.72. The van der Waals surface area contributed by atoms with Crippen molar-refractivity contribution in [1.82, 2.24) is 4.90 Å². The van der Waals surface area contributed by atoms with Gasteiger partial charge in [-0.15, -0.1) is 0 Å². The summed E-state index contributed by atoms with van der Waals surface area (Å²) in [5.74, 6) is 1.09. The van der Waals surface area contributed by atoms with E-state index in [1.807, 2.05) is 42.5 Å². The average molecular weight is 587 g/mol. The van der Waals surface area contributed by atoms with Gasteiger partial charge in [0.15, 0.2) is 5.17 Å². The fraction of sp³-hybridized carbons (Fsp3) is 0.0476. The van der Waals surface area contributed by atoms with Gasteiger partial charge in [-0.05, 0) is 86.1 Å². The van der Waals surface area contributed by atoms with E-state index in [0.29, 0.717) is 37.3 Å². The number of halogens is 4. The fourth-order valence-electron chi connectivity index (χ4n) is 2.68. The van der Waals surface area contributed by atoms with Crippen LogP contribution in [-0.4, -0.2) is 23.0 Å². The Balaban J connectivity index is 1.59. The lowest BCUT2D eigenvalue weighted by Gasteiger charge is -2.07. The van der Waals surface area contributed by atoms with E-state index in [9.17, 15) is 4.79 Å². The number of furan rings is 1. The molecule has 1 fully saturated rings. The monoisotopic (exact) mass is 584 g/mol. The SMILES string of the molecule is CN1C(=O)/C(=C/c2ccc(-c3ccc(Br)c(Cl)c3)o2)SC1=Nc1ccc(Br)c(Cl)c1. The lowest BCUT2D eigenvalue weighted by atomic mass is 10.2. The van der Waals surface area contributed by atoms with E-state index in [1.165, 1.54) is 16.7 Å². The first-order chi connectivity index (χ1) is 14.3. The lowest BCUT2D eigenvalue weighted by molar-refractivity contribution is -0.121. The number of hydrogen-bond donors (Lipinski definition) is 0. The van der Waals surface area contributed by atoms with Gasteiger partial charge in [0, 0.05) is 27.6 Å². The van der Waals surface area contributed by atoms with E-state index in [-0.39, 0.29) is 5.91 Å². The molecule has 0 unspecified atom stereocenters. The minimum absolute atomic E-state index is 0.147. The number of carbonyl (C=O) groups is 1. The number of rotatable bonds is 3. The van der Waals surface area contributed by atoms with Crippen molar-refractivity contribution in [3.63, 3.8) is 0 Å². The molecule has 1 saturated heterocycles. The molecule has 1 aliphatic rings. The van der Waals surface area contributed by atoms with Crippen LogP contribution < -0.4 is 0 Å². The fourth-order valence-corrected chi connectivity index (χ4v) is 4.50. The Morgan fingerprint density at radius 3 is 2.43 bits per heavy atom. The zero-order valence-electron chi connectivity index (χ0n) is 15.3. The van der Waals surface area contributed by atoms with E-state index >= 15 is 0 Å². The second-order valence-electron chi connectivity index (χ2n) is 6.30. The second-order valence-corrected chi connectivity index (χ2v) is 9.83. The van der Waals surface area contributed by atoms with Gasteiger partial charge in [0.25, 0.3) is 5.91 Å². The van der Waals surface area contributed by atoms with Crippen molar-refractivity contribution in [1.29, 1.82) is 0 Å². The van der Waals surface area contributed by atoms with Crippen molar-refractivity contribution in [3.05, 3.63) is 78.2 Å². The van der Waals surface area contributed by atoms with E-state index in [1.54, 1.807) is 19.2 Å². The van der Waals surface area contributed by atoms with Crippen LogP contribution in [0, 0.1) is 0 Å². The Hall–Kier alpha value is -1.51. The van der Waals surface area contributed by atoms with Crippen LogP contribution in [0.2, 0.25) is 10.0 Å².